The van der Waals surface area contributed by atoms with E-state index >= 15 is 0 Å². The van der Waals surface area contributed by atoms with Crippen LogP contribution in [0.2, 0.25) is 0 Å². The number of aromatic nitrogens is 4. The van der Waals surface area contributed by atoms with Crippen LogP contribution in [0.3, 0.4) is 0 Å². The number of nitrogens with zero attached hydrogens (tertiary/aromatic N) is 3. The zero-order valence-electron chi connectivity index (χ0n) is 11.6. The number of anilines is 1. The van der Waals surface area contributed by atoms with Crippen LogP contribution in [0.1, 0.15) is 10.5 Å². The lowest BCUT2D eigenvalue weighted by molar-refractivity contribution is 0.102. The first-order valence-electron chi connectivity index (χ1n) is 6.37. The Balaban J connectivity index is 1.99. The van der Waals surface area contributed by atoms with Crippen LogP contribution in [0.5, 0.6) is 0 Å². The topological polar surface area (TPSA) is 75.6 Å². The number of aromatic amines is 1. The molecule has 22 heavy (non-hydrogen) atoms. The quantitative estimate of drug-likeness (QED) is 0.726. The number of hydrogen-bond donors (Lipinski definition) is 2. The van der Waals surface area contributed by atoms with Gasteiger partial charge in [0.15, 0.2) is 5.16 Å². The van der Waals surface area contributed by atoms with Gasteiger partial charge in [0.2, 0.25) is 0 Å². The summed E-state index contributed by atoms with van der Waals surface area (Å²) < 4.78 is 14.8. The molecule has 0 saturated heterocycles. The monoisotopic (exact) mass is 317 g/mol. The standard InChI is InChI=1S/C14H12FN5OS/c1-22-14-16-8-12(13(21)19-10-6-17-18-7-10)20(14)11-4-2-9(15)3-5-11/h2-8H,1H3,(H,17,18)(H,19,21). The SMILES string of the molecule is CSc1ncc(C(=O)Nc2cn[nH]c2)n1-c1ccc(F)cc1. The average molecular weight is 317 g/mol. The van der Waals surface area contributed by atoms with E-state index in [0.717, 1.165) is 0 Å². The largest absolute Gasteiger partial charge is 0.318 e. The molecule has 0 saturated carbocycles. The Labute approximate surface area is 129 Å². The van der Waals surface area contributed by atoms with Gasteiger partial charge < -0.3 is 5.32 Å². The van der Waals surface area contributed by atoms with E-state index in [1.807, 2.05) is 6.26 Å². The Morgan fingerprint density at radius 1 is 1.32 bits per heavy atom. The van der Waals surface area contributed by atoms with Crippen molar-refractivity contribution in [1.29, 1.82) is 0 Å². The van der Waals surface area contributed by atoms with Gasteiger partial charge in [0, 0.05) is 11.9 Å². The molecule has 112 valence electrons. The molecule has 0 radical (unpaired) electrons. The summed E-state index contributed by atoms with van der Waals surface area (Å²) in [6, 6.07) is 5.89. The molecule has 2 N–H and O–H groups in total. The van der Waals surface area contributed by atoms with E-state index < -0.39 is 0 Å². The third-order valence-corrected chi connectivity index (χ3v) is 3.64. The summed E-state index contributed by atoms with van der Waals surface area (Å²) >= 11 is 1.40. The maximum atomic E-state index is 13.1. The summed E-state index contributed by atoms with van der Waals surface area (Å²) in [5.41, 5.74) is 1.58. The van der Waals surface area contributed by atoms with Gasteiger partial charge in [-0.3, -0.25) is 14.5 Å². The van der Waals surface area contributed by atoms with Gasteiger partial charge in [0.1, 0.15) is 11.5 Å². The molecule has 0 aliphatic carbocycles. The van der Waals surface area contributed by atoms with Gasteiger partial charge in [-0.2, -0.15) is 5.10 Å². The van der Waals surface area contributed by atoms with Gasteiger partial charge in [0.25, 0.3) is 5.91 Å². The Kier molecular flexibility index (Phi) is 3.92. The molecule has 3 aromatic rings. The second-order valence-electron chi connectivity index (χ2n) is 4.38. The van der Waals surface area contributed by atoms with E-state index in [0.29, 0.717) is 22.2 Å². The first-order valence-corrected chi connectivity index (χ1v) is 7.59. The molecule has 0 spiro atoms. The fraction of sp³-hybridized carbons (Fsp3) is 0.0714. The number of amides is 1. The van der Waals surface area contributed by atoms with Crippen molar-refractivity contribution in [1.82, 2.24) is 19.7 Å². The normalized spacial score (nSPS) is 10.6. The Bertz CT molecular complexity index is 782. The van der Waals surface area contributed by atoms with E-state index in [2.05, 4.69) is 20.5 Å². The van der Waals surface area contributed by atoms with E-state index in [9.17, 15) is 9.18 Å². The zero-order valence-corrected chi connectivity index (χ0v) is 12.4. The summed E-state index contributed by atoms with van der Waals surface area (Å²) in [5.74, 6) is -0.655. The summed E-state index contributed by atoms with van der Waals surface area (Å²) in [7, 11) is 0. The number of rotatable bonds is 4. The molecule has 0 fully saturated rings. The molecule has 0 aliphatic rings. The maximum Gasteiger partial charge on any atom is 0.274 e. The fourth-order valence-corrected chi connectivity index (χ4v) is 2.54. The smallest absolute Gasteiger partial charge is 0.274 e. The highest BCUT2D eigenvalue weighted by Crippen LogP contribution is 2.22. The van der Waals surface area contributed by atoms with E-state index in [1.54, 1.807) is 22.9 Å². The predicted octanol–water partition coefficient (Wildman–Crippen LogP) is 2.71. The van der Waals surface area contributed by atoms with Crippen LogP contribution < -0.4 is 5.32 Å². The van der Waals surface area contributed by atoms with Crippen LogP contribution in [0.4, 0.5) is 10.1 Å². The molecule has 1 amide bonds. The van der Waals surface area contributed by atoms with Crippen molar-refractivity contribution in [2.45, 2.75) is 5.16 Å². The van der Waals surface area contributed by atoms with Crippen molar-refractivity contribution in [2.24, 2.45) is 0 Å². The van der Waals surface area contributed by atoms with E-state index in [4.69, 9.17) is 0 Å². The second kappa shape index (κ2) is 6.02. The first-order chi connectivity index (χ1) is 10.7. The average Bonchev–Trinajstić information content (AvgIpc) is 3.16. The van der Waals surface area contributed by atoms with Crippen molar-refractivity contribution in [3.05, 3.63) is 54.4 Å². The highest BCUT2D eigenvalue weighted by Gasteiger charge is 2.18. The second-order valence-corrected chi connectivity index (χ2v) is 5.16. The van der Waals surface area contributed by atoms with Gasteiger partial charge >= 0.3 is 0 Å². The number of imidazole rings is 1. The number of halogens is 1. The summed E-state index contributed by atoms with van der Waals surface area (Å²) in [4.78, 5) is 16.6. The first kappa shape index (κ1) is 14.3. The minimum absolute atomic E-state index is 0.321. The van der Waals surface area contributed by atoms with Gasteiger partial charge in [-0.15, -0.1) is 0 Å². The zero-order chi connectivity index (χ0) is 15.5. The van der Waals surface area contributed by atoms with Crippen molar-refractivity contribution >= 4 is 23.4 Å². The number of thioether (sulfide) groups is 1. The summed E-state index contributed by atoms with van der Waals surface area (Å²) in [5, 5.41) is 9.76. The number of nitrogens with one attached hydrogen (secondary N) is 2. The van der Waals surface area contributed by atoms with Gasteiger partial charge in [-0.05, 0) is 30.5 Å². The third kappa shape index (κ3) is 2.73. The Hall–Kier alpha value is -2.61. The summed E-state index contributed by atoms with van der Waals surface area (Å²) in [6.07, 6.45) is 6.43. The lowest BCUT2D eigenvalue weighted by Gasteiger charge is -2.10. The highest BCUT2D eigenvalue weighted by atomic mass is 32.2. The van der Waals surface area contributed by atoms with Crippen LogP contribution in [0.15, 0.2) is 48.0 Å². The molecular weight excluding hydrogens is 305 g/mol. The molecule has 8 heteroatoms. The van der Waals surface area contributed by atoms with Crippen molar-refractivity contribution in [3.63, 3.8) is 0 Å². The molecule has 0 unspecified atom stereocenters. The van der Waals surface area contributed by atoms with Gasteiger partial charge in [-0.25, -0.2) is 9.37 Å². The van der Waals surface area contributed by atoms with Crippen molar-refractivity contribution in [2.75, 3.05) is 11.6 Å². The Morgan fingerprint density at radius 3 is 2.73 bits per heavy atom. The molecule has 1 aromatic carbocycles. The molecule has 3 rings (SSSR count). The number of carbonyl (C=O) groups excluding carboxylic acids is 1. The van der Waals surface area contributed by atoms with E-state index in [1.165, 1.54) is 36.3 Å². The predicted molar refractivity (Wildman–Crippen MR) is 81.8 cm³/mol. The van der Waals surface area contributed by atoms with E-state index in [-0.39, 0.29) is 11.7 Å². The number of H-pyrrole nitrogens is 1. The van der Waals surface area contributed by atoms with Crippen LogP contribution >= 0.6 is 11.8 Å². The van der Waals surface area contributed by atoms with Crippen molar-refractivity contribution in [3.8, 4) is 5.69 Å². The number of carbonyl (C=O) groups is 1. The number of hydrogen-bond acceptors (Lipinski definition) is 4. The Morgan fingerprint density at radius 2 is 2.09 bits per heavy atom. The molecule has 0 bridgehead atoms. The molecule has 6 nitrogen and oxygen atoms in total. The maximum absolute atomic E-state index is 13.1. The van der Waals surface area contributed by atoms with Crippen LogP contribution in [0, 0.1) is 5.82 Å². The molecule has 0 aliphatic heterocycles. The minimum Gasteiger partial charge on any atom is -0.318 e. The lowest BCUT2D eigenvalue weighted by Crippen LogP contribution is -2.16. The lowest BCUT2D eigenvalue weighted by atomic mass is 10.3. The van der Waals surface area contributed by atoms with Gasteiger partial charge in [0.05, 0.1) is 18.1 Å². The third-order valence-electron chi connectivity index (χ3n) is 2.99. The van der Waals surface area contributed by atoms with Crippen LogP contribution in [-0.4, -0.2) is 31.9 Å². The summed E-state index contributed by atoms with van der Waals surface area (Å²) in [6.45, 7) is 0. The fourth-order valence-electron chi connectivity index (χ4n) is 1.99. The van der Waals surface area contributed by atoms with Crippen LogP contribution in [0.25, 0.3) is 5.69 Å². The van der Waals surface area contributed by atoms with Gasteiger partial charge in [-0.1, -0.05) is 11.8 Å². The van der Waals surface area contributed by atoms with Crippen molar-refractivity contribution < 1.29 is 9.18 Å². The minimum atomic E-state index is -0.334. The molecular formula is C14H12FN5OS. The molecule has 2 heterocycles. The highest BCUT2D eigenvalue weighted by molar-refractivity contribution is 7.98. The molecule has 2 aromatic heterocycles. The van der Waals surface area contributed by atoms with Crippen LogP contribution in [-0.2, 0) is 0 Å². The number of benzene rings is 1. The molecule has 0 atom stereocenters.